The normalized spacial score (nSPS) is 11.4. The number of methoxy groups -OCH3 is 1. The predicted molar refractivity (Wildman–Crippen MR) is 83.9 cm³/mol. The molecule has 0 spiro atoms. The molecule has 5 heteroatoms. The zero-order valence-corrected chi connectivity index (χ0v) is 12.6. The number of nitrogens with two attached hydrogens (primary N) is 1. The van der Waals surface area contributed by atoms with Gasteiger partial charge >= 0.3 is 0 Å². The van der Waals surface area contributed by atoms with Crippen LogP contribution in [0.25, 0.3) is 0 Å². The Hall–Kier alpha value is -1.78. The van der Waals surface area contributed by atoms with E-state index < -0.39 is 12.7 Å². The lowest BCUT2D eigenvalue weighted by Gasteiger charge is -2.14. The van der Waals surface area contributed by atoms with E-state index in [0.29, 0.717) is 23.7 Å². The van der Waals surface area contributed by atoms with Crippen molar-refractivity contribution in [2.45, 2.75) is 12.6 Å². The van der Waals surface area contributed by atoms with Gasteiger partial charge in [0.1, 0.15) is 13.3 Å². The SMILES string of the molecule is COc1cc([C@@H](N)CF)ccc1OCc1ccccc1.Cl. The van der Waals surface area contributed by atoms with Crippen molar-refractivity contribution in [1.82, 2.24) is 0 Å². The van der Waals surface area contributed by atoms with E-state index in [4.69, 9.17) is 15.2 Å². The average Bonchev–Trinajstić information content (AvgIpc) is 2.53. The molecule has 0 unspecified atom stereocenters. The Bertz CT molecular complexity index is 551. The fraction of sp³-hybridized carbons (Fsp3) is 0.250. The monoisotopic (exact) mass is 311 g/mol. The first-order chi connectivity index (χ1) is 9.74. The second-order valence-electron chi connectivity index (χ2n) is 4.45. The third-order valence-electron chi connectivity index (χ3n) is 3.02. The summed E-state index contributed by atoms with van der Waals surface area (Å²) in [5.41, 5.74) is 7.42. The first-order valence-electron chi connectivity index (χ1n) is 6.40. The van der Waals surface area contributed by atoms with Gasteiger partial charge in [0, 0.05) is 0 Å². The molecule has 114 valence electrons. The van der Waals surface area contributed by atoms with Gasteiger partial charge in [-0.15, -0.1) is 12.4 Å². The van der Waals surface area contributed by atoms with Crippen LogP contribution in [0.4, 0.5) is 4.39 Å². The van der Waals surface area contributed by atoms with Gasteiger partial charge in [0.2, 0.25) is 0 Å². The van der Waals surface area contributed by atoms with Gasteiger partial charge in [-0.05, 0) is 23.3 Å². The summed E-state index contributed by atoms with van der Waals surface area (Å²) in [6, 6.07) is 14.4. The lowest BCUT2D eigenvalue weighted by molar-refractivity contribution is 0.284. The molecule has 0 aliphatic heterocycles. The lowest BCUT2D eigenvalue weighted by atomic mass is 10.1. The zero-order valence-electron chi connectivity index (χ0n) is 11.8. The second kappa shape index (κ2) is 8.49. The Balaban J connectivity index is 0.00000220. The van der Waals surface area contributed by atoms with E-state index in [2.05, 4.69) is 0 Å². The number of benzene rings is 2. The molecular weight excluding hydrogens is 293 g/mol. The van der Waals surface area contributed by atoms with Crippen molar-refractivity contribution in [2.75, 3.05) is 13.8 Å². The van der Waals surface area contributed by atoms with Gasteiger partial charge in [0.05, 0.1) is 13.2 Å². The standard InChI is InChI=1S/C16H18FNO2.ClH/c1-19-16-9-13(14(18)10-17)7-8-15(16)20-11-12-5-3-2-4-6-12;/h2-9,14H,10-11,18H2,1H3;1H/t14-;/m0./s1. The number of hydrogen-bond acceptors (Lipinski definition) is 3. The van der Waals surface area contributed by atoms with Gasteiger partial charge in [-0.25, -0.2) is 4.39 Å². The van der Waals surface area contributed by atoms with E-state index in [-0.39, 0.29) is 12.4 Å². The van der Waals surface area contributed by atoms with Crippen LogP contribution in [0.2, 0.25) is 0 Å². The van der Waals surface area contributed by atoms with E-state index in [1.165, 1.54) is 0 Å². The maximum absolute atomic E-state index is 12.6. The quantitative estimate of drug-likeness (QED) is 0.885. The van der Waals surface area contributed by atoms with Crippen LogP contribution in [0.15, 0.2) is 48.5 Å². The highest BCUT2D eigenvalue weighted by Crippen LogP contribution is 2.30. The minimum Gasteiger partial charge on any atom is -0.493 e. The van der Waals surface area contributed by atoms with Crippen molar-refractivity contribution in [3.63, 3.8) is 0 Å². The maximum Gasteiger partial charge on any atom is 0.161 e. The molecule has 2 aromatic rings. The predicted octanol–water partition coefficient (Wildman–Crippen LogP) is 3.67. The molecule has 0 aliphatic carbocycles. The average molecular weight is 312 g/mol. The van der Waals surface area contributed by atoms with Gasteiger partial charge in [0.15, 0.2) is 11.5 Å². The summed E-state index contributed by atoms with van der Waals surface area (Å²) in [7, 11) is 1.55. The van der Waals surface area contributed by atoms with Gasteiger partial charge in [0.25, 0.3) is 0 Å². The minimum atomic E-state index is -0.632. The molecule has 0 aromatic heterocycles. The smallest absolute Gasteiger partial charge is 0.161 e. The number of ether oxygens (including phenoxy) is 2. The number of halogens is 2. The highest BCUT2D eigenvalue weighted by Gasteiger charge is 2.11. The molecule has 0 aliphatic rings. The van der Waals surface area contributed by atoms with Gasteiger partial charge in [-0.3, -0.25) is 0 Å². The molecule has 0 fully saturated rings. The summed E-state index contributed by atoms with van der Waals surface area (Å²) in [6.07, 6.45) is 0. The first-order valence-corrected chi connectivity index (χ1v) is 6.40. The van der Waals surface area contributed by atoms with Crippen molar-refractivity contribution in [2.24, 2.45) is 5.73 Å². The third kappa shape index (κ3) is 4.62. The van der Waals surface area contributed by atoms with Crippen molar-refractivity contribution in [3.8, 4) is 11.5 Å². The molecule has 0 amide bonds. The number of rotatable bonds is 6. The molecular formula is C16H19ClFNO2. The Kier molecular flexibility index (Phi) is 6.99. The molecule has 0 saturated carbocycles. The van der Waals surface area contributed by atoms with E-state index in [9.17, 15) is 4.39 Å². The van der Waals surface area contributed by atoms with Crippen LogP contribution in [0.1, 0.15) is 17.2 Å². The third-order valence-corrected chi connectivity index (χ3v) is 3.02. The summed E-state index contributed by atoms with van der Waals surface area (Å²) in [4.78, 5) is 0. The van der Waals surface area contributed by atoms with Crippen molar-refractivity contribution >= 4 is 12.4 Å². The topological polar surface area (TPSA) is 44.5 Å². The van der Waals surface area contributed by atoms with Crippen LogP contribution >= 0.6 is 12.4 Å². The molecule has 0 bridgehead atoms. The summed E-state index contributed by atoms with van der Waals surface area (Å²) >= 11 is 0. The Morgan fingerprint density at radius 2 is 1.81 bits per heavy atom. The summed E-state index contributed by atoms with van der Waals surface area (Å²) in [5, 5.41) is 0. The van der Waals surface area contributed by atoms with E-state index in [0.717, 1.165) is 5.56 Å². The van der Waals surface area contributed by atoms with Crippen LogP contribution < -0.4 is 15.2 Å². The summed E-state index contributed by atoms with van der Waals surface area (Å²) in [5.74, 6) is 1.17. The molecule has 0 radical (unpaired) electrons. The van der Waals surface area contributed by atoms with Crippen LogP contribution in [-0.2, 0) is 6.61 Å². The largest absolute Gasteiger partial charge is 0.493 e. The van der Waals surface area contributed by atoms with Crippen LogP contribution in [0, 0.1) is 0 Å². The van der Waals surface area contributed by atoms with Gasteiger partial charge in [-0.2, -0.15) is 0 Å². The molecule has 3 nitrogen and oxygen atoms in total. The molecule has 1 atom stereocenters. The first kappa shape index (κ1) is 17.3. The lowest BCUT2D eigenvalue weighted by Crippen LogP contribution is -2.12. The van der Waals surface area contributed by atoms with Crippen LogP contribution in [0.3, 0.4) is 0 Å². The second-order valence-corrected chi connectivity index (χ2v) is 4.45. The van der Waals surface area contributed by atoms with Gasteiger partial charge < -0.3 is 15.2 Å². The van der Waals surface area contributed by atoms with Crippen LogP contribution in [-0.4, -0.2) is 13.8 Å². The fourth-order valence-corrected chi connectivity index (χ4v) is 1.86. The molecule has 0 saturated heterocycles. The maximum atomic E-state index is 12.6. The Morgan fingerprint density at radius 3 is 2.43 bits per heavy atom. The molecule has 2 N–H and O–H groups in total. The van der Waals surface area contributed by atoms with E-state index in [1.54, 1.807) is 25.3 Å². The van der Waals surface area contributed by atoms with Crippen molar-refractivity contribution < 1.29 is 13.9 Å². The summed E-state index contributed by atoms with van der Waals surface area (Å²) in [6.45, 7) is -0.154. The van der Waals surface area contributed by atoms with E-state index in [1.807, 2.05) is 30.3 Å². The van der Waals surface area contributed by atoms with Crippen LogP contribution in [0.5, 0.6) is 11.5 Å². The molecule has 21 heavy (non-hydrogen) atoms. The summed E-state index contributed by atoms with van der Waals surface area (Å²) < 4.78 is 23.6. The highest BCUT2D eigenvalue weighted by atomic mass is 35.5. The molecule has 2 rings (SSSR count). The van der Waals surface area contributed by atoms with Crippen molar-refractivity contribution in [3.05, 3.63) is 59.7 Å². The fourth-order valence-electron chi connectivity index (χ4n) is 1.86. The Morgan fingerprint density at radius 1 is 1.10 bits per heavy atom. The molecule has 2 aromatic carbocycles. The Labute approximate surface area is 130 Å². The minimum absolute atomic E-state index is 0. The molecule has 0 heterocycles. The number of alkyl halides is 1. The van der Waals surface area contributed by atoms with Gasteiger partial charge in [-0.1, -0.05) is 36.4 Å². The van der Waals surface area contributed by atoms with Crippen molar-refractivity contribution in [1.29, 1.82) is 0 Å². The highest BCUT2D eigenvalue weighted by molar-refractivity contribution is 5.85. The zero-order chi connectivity index (χ0) is 14.4. The van der Waals surface area contributed by atoms with E-state index >= 15 is 0 Å². The number of hydrogen-bond donors (Lipinski definition) is 1.